The Morgan fingerprint density at radius 3 is 2.47 bits per heavy atom. The molecule has 0 unspecified atom stereocenters. The zero-order valence-corrected chi connectivity index (χ0v) is 17.2. The molecule has 4 rings (SSSR count). The highest BCUT2D eigenvalue weighted by molar-refractivity contribution is 5.97. The van der Waals surface area contributed by atoms with Gasteiger partial charge in [0, 0.05) is 24.8 Å². The highest BCUT2D eigenvalue weighted by Gasteiger charge is 2.28. The van der Waals surface area contributed by atoms with Gasteiger partial charge < -0.3 is 9.64 Å². The third-order valence-corrected chi connectivity index (χ3v) is 5.30. The Kier molecular flexibility index (Phi) is 5.65. The number of amides is 1. The Hall–Kier alpha value is -3.41. The van der Waals surface area contributed by atoms with Crippen LogP contribution in [0.4, 0.5) is 0 Å². The molecule has 3 aromatic rings. The van der Waals surface area contributed by atoms with E-state index in [0.717, 1.165) is 42.7 Å². The number of hydrogen-bond donors (Lipinski definition) is 0. The van der Waals surface area contributed by atoms with Crippen LogP contribution in [0.3, 0.4) is 0 Å². The molecule has 30 heavy (non-hydrogen) atoms. The SMILES string of the molecule is Cc1cccc(-c2nn(-c3ccccc3)cc2C(=O)O[C@H](C)C(=O)N2CCCC2)c1. The molecule has 154 valence electrons. The average molecular weight is 403 g/mol. The van der Waals surface area contributed by atoms with Gasteiger partial charge in [-0.05, 0) is 44.9 Å². The molecule has 0 saturated carbocycles. The van der Waals surface area contributed by atoms with Gasteiger partial charge in [-0.1, -0.05) is 42.0 Å². The van der Waals surface area contributed by atoms with Crippen LogP contribution in [0.2, 0.25) is 0 Å². The van der Waals surface area contributed by atoms with Gasteiger partial charge >= 0.3 is 5.97 Å². The highest BCUT2D eigenvalue weighted by atomic mass is 16.5. The molecule has 1 atom stereocenters. The molecular formula is C24H25N3O3. The van der Waals surface area contributed by atoms with Gasteiger partial charge in [0.1, 0.15) is 11.3 Å². The van der Waals surface area contributed by atoms with E-state index in [1.54, 1.807) is 22.7 Å². The van der Waals surface area contributed by atoms with E-state index < -0.39 is 12.1 Å². The summed E-state index contributed by atoms with van der Waals surface area (Å²) in [6.07, 6.45) is 2.82. The smallest absolute Gasteiger partial charge is 0.342 e. The molecular weight excluding hydrogens is 378 g/mol. The van der Waals surface area contributed by atoms with Crippen LogP contribution in [-0.4, -0.2) is 45.8 Å². The lowest BCUT2D eigenvalue weighted by atomic mass is 10.1. The van der Waals surface area contributed by atoms with Crippen molar-refractivity contribution in [2.24, 2.45) is 0 Å². The second-order valence-corrected chi connectivity index (χ2v) is 7.62. The van der Waals surface area contributed by atoms with Gasteiger partial charge in [-0.2, -0.15) is 5.10 Å². The maximum atomic E-state index is 13.1. The standard InChI is InChI=1S/C24H25N3O3/c1-17-9-8-10-19(15-17)22-21(16-27(25-22)20-11-4-3-5-12-20)24(29)30-18(2)23(28)26-13-6-7-14-26/h3-5,8-12,15-16,18H,6-7,13-14H2,1-2H3/t18-/m1/s1. The minimum Gasteiger partial charge on any atom is -0.449 e. The van der Waals surface area contributed by atoms with Gasteiger partial charge in [0.05, 0.1) is 5.69 Å². The van der Waals surface area contributed by atoms with E-state index in [0.29, 0.717) is 11.3 Å². The summed E-state index contributed by atoms with van der Waals surface area (Å²) in [5.41, 5.74) is 3.61. The summed E-state index contributed by atoms with van der Waals surface area (Å²) in [5, 5.41) is 4.66. The quantitative estimate of drug-likeness (QED) is 0.604. The Morgan fingerprint density at radius 1 is 1.03 bits per heavy atom. The van der Waals surface area contributed by atoms with E-state index in [9.17, 15) is 9.59 Å². The van der Waals surface area contributed by atoms with Gasteiger partial charge in [-0.3, -0.25) is 4.79 Å². The Labute approximate surface area is 176 Å². The summed E-state index contributed by atoms with van der Waals surface area (Å²) < 4.78 is 7.24. The van der Waals surface area contributed by atoms with E-state index in [-0.39, 0.29) is 5.91 Å². The third-order valence-electron chi connectivity index (χ3n) is 5.30. The Balaban J connectivity index is 1.66. The topological polar surface area (TPSA) is 64.4 Å². The maximum absolute atomic E-state index is 13.1. The fraction of sp³-hybridized carbons (Fsp3) is 0.292. The molecule has 1 aliphatic rings. The zero-order chi connectivity index (χ0) is 21.1. The van der Waals surface area contributed by atoms with Crippen molar-refractivity contribution in [3.8, 4) is 16.9 Å². The number of aryl methyl sites for hydroxylation is 1. The summed E-state index contributed by atoms with van der Waals surface area (Å²) in [5.74, 6) is -0.692. The van der Waals surface area contributed by atoms with Crippen molar-refractivity contribution in [3.63, 3.8) is 0 Å². The molecule has 0 radical (unpaired) electrons. The Bertz CT molecular complexity index is 1050. The first kappa shape index (κ1) is 19.9. The van der Waals surface area contributed by atoms with E-state index in [2.05, 4.69) is 5.10 Å². The van der Waals surface area contributed by atoms with Crippen LogP contribution >= 0.6 is 0 Å². The summed E-state index contributed by atoms with van der Waals surface area (Å²) in [6.45, 7) is 5.07. The molecule has 1 saturated heterocycles. The molecule has 2 heterocycles. The van der Waals surface area contributed by atoms with Crippen molar-refractivity contribution in [1.82, 2.24) is 14.7 Å². The number of nitrogens with zero attached hydrogens (tertiary/aromatic N) is 3. The molecule has 2 aromatic carbocycles. The van der Waals surface area contributed by atoms with Crippen molar-refractivity contribution in [2.45, 2.75) is 32.8 Å². The number of para-hydroxylation sites is 1. The van der Waals surface area contributed by atoms with E-state index >= 15 is 0 Å². The predicted molar refractivity (Wildman–Crippen MR) is 114 cm³/mol. The highest BCUT2D eigenvalue weighted by Crippen LogP contribution is 2.26. The summed E-state index contributed by atoms with van der Waals surface area (Å²) in [6, 6.07) is 17.4. The minimum atomic E-state index is -0.832. The van der Waals surface area contributed by atoms with Gasteiger partial charge in [-0.25, -0.2) is 9.48 Å². The van der Waals surface area contributed by atoms with E-state index in [1.807, 2.05) is 61.5 Å². The maximum Gasteiger partial charge on any atom is 0.342 e. The molecule has 6 heteroatoms. The molecule has 0 bridgehead atoms. The van der Waals surface area contributed by atoms with Crippen molar-refractivity contribution in [1.29, 1.82) is 0 Å². The number of aromatic nitrogens is 2. The number of ether oxygens (including phenoxy) is 1. The largest absolute Gasteiger partial charge is 0.449 e. The number of carbonyl (C=O) groups is 2. The molecule has 0 aliphatic carbocycles. The van der Waals surface area contributed by atoms with E-state index in [1.165, 1.54) is 0 Å². The molecule has 0 N–H and O–H groups in total. The Morgan fingerprint density at radius 2 is 1.77 bits per heavy atom. The van der Waals surface area contributed by atoms with Crippen LogP contribution in [0.25, 0.3) is 16.9 Å². The first-order valence-corrected chi connectivity index (χ1v) is 10.2. The van der Waals surface area contributed by atoms with Gasteiger partial charge in [0.25, 0.3) is 5.91 Å². The van der Waals surface area contributed by atoms with Crippen molar-refractivity contribution in [3.05, 3.63) is 71.9 Å². The van der Waals surface area contributed by atoms with Gasteiger partial charge in [-0.15, -0.1) is 0 Å². The number of hydrogen-bond acceptors (Lipinski definition) is 4. The van der Waals surface area contributed by atoms with Crippen LogP contribution in [0.1, 0.15) is 35.7 Å². The number of esters is 1. The summed E-state index contributed by atoms with van der Waals surface area (Å²) >= 11 is 0. The number of likely N-dealkylation sites (tertiary alicyclic amines) is 1. The first-order chi connectivity index (χ1) is 14.5. The first-order valence-electron chi connectivity index (χ1n) is 10.2. The van der Waals surface area contributed by atoms with Crippen molar-refractivity contribution in [2.75, 3.05) is 13.1 Å². The fourth-order valence-corrected chi connectivity index (χ4v) is 3.71. The lowest BCUT2D eigenvalue weighted by Gasteiger charge is -2.20. The number of rotatable bonds is 5. The monoisotopic (exact) mass is 403 g/mol. The summed E-state index contributed by atoms with van der Waals surface area (Å²) in [7, 11) is 0. The van der Waals surface area contributed by atoms with Gasteiger partial charge in [0.2, 0.25) is 0 Å². The predicted octanol–water partition coefficient (Wildman–Crippen LogP) is 4.02. The van der Waals surface area contributed by atoms with Crippen LogP contribution < -0.4 is 0 Å². The lowest BCUT2D eigenvalue weighted by molar-refractivity contribution is -0.138. The average Bonchev–Trinajstić information content (AvgIpc) is 3.44. The fourth-order valence-electron chi connectivity index (χ4n) is 3.71. The normalized spacial score (nSPS) is 14.5. The van der Waals surface area contributed by atoms with Crippen LogP contribution in [0.15, 0.2) is 60.8 Å². The van der Waals surface area contributed by atoms with Crippen LogP contribution in [0, 0.1) is 6.92 Å². The molecule has 0 spiro atoms. The molecule has 6 nitrogen and oxygen atoms in total. The van der Waals surface area contributed by atoms with Crippen molar-refractivity contribution >= 4 is 11.9 Å². The van der Waals surface area contributed by atoms with Crippen molar-refractivity contribution < 1.29 is 14.3 Å². The van der Waals surface area contributed by atoms with E-state index in [4.69, 9.17) is 4.74 Å². The second-order valence-electron chi connectivity index (χ2n) is 7.62. The third kappa shape index (κ3) is 4.13. The minimum absolute atomic E-state index is 0.145. The molecule has 1 aliphatic heterocycles. The second kappa shape index (κ2) is 8.53. The molecule has 1 fully saturated rings. The zero-order valence-electron chi connectivity index (χ0n) is 17.2. The number of carbonyl (C=O) groups excluding carboxylic acids is 2. The lowest BCUT2D eigenvalue weighted by Crippen LogP contribution is -2.38. The molecule has 1 aromatic heterocycles. The molecule has 1 amide bonds. The number of benzene rings is 2. The van der Waals surface area contributed by atoms with Crippen LogP contribution in [0.5, 0.6) is 0 Å². The van der Waals surface area contributed by atoms with Crippen LogP contribution in [-0.2, 0) is 9.53 Å². The van der Waals surface area contributed by atoms with Gasteiger partial charge in [0.15, 0.2) is 6.10 Å². The summed E-state index contributed by atoms with van der Waals surface area (Å²) in [4.78, 5) is 27.4.